The fourth-order valence-corrected chi connectivity index (χ4v) is 4.04. The number of benzene rings is 3. The molecule has 2 N–H and O–H groups in total. The van der Waals surface area contributed by atoms with E-state index in [1.54, 1.807) is 19.2 Å². The van der Waals surface area contributed by atoms with Crippen LogP contribution in [0.25, 0.3) is 11.1 Å². The largest absolute Gasteiger partial charge is 0.508 e. The van der Waals surface area contributed by atoms with E-state index < -0.39 is 0 Å². The predicted octanol–water partition coefficient (Wildman–Crippen LogP) is 4.92. The zero-order valence-corrected chi connectivity index (χ0v) is 17.8. The lowest BCUT2D eigenvalue weighted by molar-refractivity contribution is -0.121. The van der Waals surface area contributed by atoms with E-state index in [0.717, 1.165) is 55.0 Å². The van der Waals surface area contributed by atoms with Crippen molar-refractivity contribution in [3.05, 3.63) is 78.4 Å². The lowest BCUT2D eigenvalue weighted by Gasteiger charge is -2.31. The zero-order valence-electron chi connectivity index (χ0n) is 17.8. The molecule has 0 radical (unpaired) electrons. The standard InChI is InChI=1S/C26H28N2O3/c1-31-25-7-3-5-22(17-25)21-4-2-6-23(16-21)27-26(30)20-12-14-28(15-13-20)18-19-8-10-24(29)11-9-19/h2-11,16-17,20,29H,12-15,18H2,1H3,(H,27,30). The Morgan fingerprint density at radius 2 is 1.68 bits per heavy atom. The molecule has 4 rings (SSSR count). The normalized spacial score (nSPS) is 14.9. The van der Waals surface area contributed by atoms with Crippen LogP contribution in [0.3, 0.4) is 0 Å². The van der Waals surface area contributed by atoms with Gasteiger partial charge < -0.3 is 15.2 Å². The van der Waals surface area contributed by atoms with Crippen LogP contribution in [0.1, 0.15) is 18.4 Å². The van der Waals surface area contributed by atoms with Gasteiger partial charge in [-0.2, -0.15) is 0 Å². The van der Waals surface area contributed by atoms with Crippen LogP contribution in [-0.4, -0.2) is 36.1 Å². The molecule has 0 bridgehead atoms. The number of aromatic hydroxyl groups is 1. The highest BCUT2D eigenvalue weighted by atomic mass is 16.5. The fraction of sp³-hybridized carbons (Fsp3) is 0.269. The summed E-state index contributed by atoms with van der Waals surface area (Å²) >= 11 is 0. The molecule has 31 heavy (non-hydrogen) atoms. The number of carbonyl (C=O) groups is 1. The SMILES string of the molecule is COc1cccc(-c2cccc(NC(=O)C3CCN(Cc4ccc(O)cc4)CC3)c2)c1. The number of ether oxygens (including phenoxy) is 1. The summed E-state index contributed by atoms with van der Waals surface area (Å²) in [7, 11) is 1.66. The van der Waals surface area contributed by atoms with Gasteiger partial charge in [-0.25, -0.2) is 0 Å². The molecule has 0 unspecified atom stereocenters. The second kappa shape index (κ2) is 9.67. The van der Waals surface area contributed by atoms with Gasteiger partial charge in [0.05, 0.1) is 7.11 Å². The molecular formula is C26H28N2O3. The van der Waals surface area contributed by atoms with Crippen molar-refractivity contribution in [3.63, 3.8) is 0 Å². The Bertz CT molecular complexity index is 1020. The molecule has 5 heteroatoms. The minimum Gasteiger partial charge on any atom is -0.508 e. The van der Waals surface area contributed by atoms with E-state index in [-0.39, 0.29) is 17.6 Å². The number of amides is 1. The average Bonchev–Trinajstić information content (AvgIpc) is 2.81. The second-order valence-corrected chi connectivity index (χ2v) is 8.02. The molecule has 5 nitrogen and oxygen atoms in total. The number of piperidine rings is 1. The summed E-state index contributed by atoms with van der Waals surface area (Å²) in [5, 5.41) is 12.5. The molecule has 0 aliphatic carbocycles. The Labute approximate surface area is 183 Å². The molecule has 0 spiro atoms. The summed E-state index contributed by atoms with van der Waals surface area (Å²) in [6.45, 7) is 2.63. The molecule has 1 aliphatic rings. The minimum absolute atomic E-state index is 0.0246. The van der Waals surface area contributed by atoms with Crippen LogP contribution >= 0.6 is 0 Å². The van der Waals surface area contributed by atoms with Crippen LogP contribution < -0.4 is 10.1 Å². The molecule has 1 aliphatic heterocycles. The molecule has 1 fully saturated rings. The molecule has 0 atom stereocenters. The van der Waals surface area contributed by atoms with Crippen molar-refractivity contribution in [3.8, 4) is 22.6 Å². The number of methoxy groups -OCH3 is 1. The Morgan fingerprint density at radius 3 is 2.39 bits per heavy atom. The quantitative estimate of drug-likeness (QED) is 0.599. The Balaban J connectivity index is 1.33. The first-order valence-corrected chi connectivity index (χ1v) is 10.7. The number of hydrogen-bond donors (Lipinski definition) is 2. The van der Waals surface area contributed by atoms with E-state index in [1.807, 2.05) is 60.7 Å². The molecule has 1 saturated heterocycles. The predicted molar refractivity (Wildman–Crippen MR) is 123 cm³/mol. The van der Waals surface area contributed by atoms with Gasteiger partial charge in [-0.3, -0.25) is 9.69 Å². The topological polar surface area (TPSA) is 61.8 Å². The lowest BCUT2D eigenvalue weighted by Crippen LogP contribution is -2.37. The molecule has 0 saturated carbocycles. The first-order valence-electron chi connectivity index (χ1n) is 10.7. The van der Waals surface area contributed by atoms with Crippen molar-refractivity contribution in [2.24, 2.45) is 5.92 Å². The van der Waals surface area contributed by atoms with E-state index in [2.05, 4.69) is 10.2 Å². The smallest absolute Gasteiger partial charge is 0.227 e. The number of likely N-dealkylation sites (tertiary alicyclic amines) is 1. The number of nitrogens with zero attached hydrogens (tertiary/aromatic N) is 1. The van der Waals surface area contributed by atoms with Crippen molar-refractivity contribution in [1.82, 2.24) is 4.90 Å². The third kappa shape index (κ3) is 5.44. The van der Waals surface area contributed by atoms with Crippen LogP contribution in [0.15, 0.2) is 72.8 Å². The molecule has 3 aromatic rings. The van der Waals surface area contributed by atoms with Crippen molar-refractivity contribution in [1.29, 1.82) is 0 Å². The van der Waals surface area contributed by atoms with E-state index in [1.165, 1.54) is 5.56 Å². The van der Waals surface area contributed by atoms with Crippen LogP contribution in [0.2, 0.25) is 0 Å². The van der Waals surface area contributed by atoms with Crippen molar-refractivity contribution >= 4 is 11.6 Å². The number of rotatable bonds is 6. The van der Waals surface area contributed by atoms with Gasteiger partial charge in [0.1, 0.15) is 11.5 Å². The highest BCUT2D eigenvalue weighted by molar-refractivity contribution is 5.93. The number of carbonyl (C=O) groups excluding carboxylic acids is 1. The molecule has 1 amide bonds. The van der Waals surface area contributed by atoms with Gasteiger partial charge in [0.25, 0.3) is 0 Å². The van der Waals surface area contributed by atoms with Gasteiger partial charge in [0, 0.05) is 18.2 Å². The summed E-state index contributed by atoms with van der Waals surface area (Å²) < 4.78 is 5.32. The van der Waals surface area contributed by atoms with Crippen LogP contribution in [-0.2, 0) is 11.3 Å². The number of phenolic OH excluding ortho intramolecular Hbond substituents is 1. The summed E-state index contributed by atoms with van der Waals surface area (Å²) in [5.41, 5.74) is 4.09. The van der Waals surface area contributed by atoms with Gasteiger partial charge in [-0.1, -0.05) is 36.4 Å². The molecule has 1 heterocycles. The van der Waals surface area contributed by atoms with Crippen molar-refractivity contribution in [2.45, 2.75) is 19.4 Å². The maximum absolute atomic E-state index is 12.8. The molecule has 0 aromatic heterocycles. The average molecular weight is 417 g/mol. The van der Waals surface area contributed by atoms with Gasteiger partial charge in [-0.05, 0) is 79.0 Å². The van der Waals surface area contributed by atoms with Crippen LogP contribution in [0.5, 0.6) is 11.5 Å². The summed E-state index contributed by atoms with van der Waals surface area (Å²) in [6, 6.07) is 23.2. The van der Waals surface area contributed by atoms with Crippen LogP contribution in [0, 0.1) is 5.92 Å². The second-order valence-electron chi connectivity index (χ2n) is 8.02. The Hall–Kier alpha value is -3.31. The Kier molecular flexibility index (Phi) is 6.53. The summed E-state index contributed by atoms with van der Waals surface area (Å²) in [4.78, 5) is 15.2. The highest BCUT2D eigenvalue weighted by Gasteiger charge is 2.25. The van der Waals surface area contributed by atoms with Gasteiger partial charge >= 0.3 is 0 Å². The molecule has 160 valence electrons. The van der Waals surface area contributed by atoms with Crippen molar-refractivity contribution in [2.75, 3.05) is 25.5 Å². The van der Waals surface area contributed by atoms with Crippen molar-refractivity contribution < 1.29 is 14.6 Å². The maximum atomic E-state index is 12.8. The number of phenols is 1. The zero-order chi connectivity index (χ0) is 21.6. The third-order valence-electron chi connectivity index (χ3n) is 5.83. The summed E-state index contributed by atoms with van der Waals surface area (Å²) in [6.07, 6.45) is 1.69. The van der Waals surface area contributed by atoms with E-state index in [0.29, 0.717) is 0 Å². The number of nitrogens with one attached hydrogen (secondary N) is 1. The number of anilines is 1. The van der Waals surface area contributed by atoms with Gasteiger partial charge in [0.2, 0.25) is 5.91 Å². The van der Waals surface area contributed by atoms with E-state index >= 15 is 0 Å². The first kappa shape index (κ1) is 20.9. The van der Waals surface area contributed by atoms with E-state index in [9.17, 15) is 9.90 Å². The van der Waals surface area contributed by atoms with E-state index in [4.69, 9.17) is 4.74 Å². The third-order valence-corrected chi connectivity index (χ3v) is 5.83. The fourth-order valence-electron chi connectivity index (χ4n) is 4.04. The molecular weight excluding hydrogens is 388 g/mol. The first-order chi connectivity index (χ1) is 15.1. The highest BCUT2D eigenvalue weighted by Crippen LogP contribution is 2.27. The maximum Gasteiger partial charge on any atom is 0.227 e. The summed E-state index contributed by atoms with van der Waals surface area (Å²) in [5.74, 6) is 1.21. The number of hydrogen-bond acceptors (Lipinski definition) is 4. The monoisotopic (exact) mass is 416 g/mol. The van der Waals surface area contributed by atoms with Crippen LogP contribution in [0.4, 0.5) is 5.69 Å². The van der Waals surface area contributed by atoms with Gasteiger partial charge in [0.15, 0.2) is 0 Å². The minimum atomic E-state index is 0.0246. The lowest BCUT2D eigenvalue weighted by atomic mass is 9.95. The van der Waals surface area contributed by atoms with Gasteiger partial charge in [-0.15, -0.1) is 0 Å². The Morgan fingerprint density at radius 1 is 1.00 bits per heavy atom. The molecule has 3 aromatic carbocycles.